The smallest absolute Gasteiger partial charge is 0.251 e. The first-order valence-electron chi connectivity index (χ1n) is 11.4. The van der Waals surface area contributed by atoms with Crippen LogP contribution in [0.2, 0.25) is 0 Å². The number of benzene rings is 2. The van der Waals surface area contributed by atoms with E-state index in [2.05, 4.69) is 36.3 Å². The molecule has 33 heavy (non-hydrogen) atoms. The summed E-state index contributed by atoms with van der Waals surface area (Å²) in [5, 5.41) is 5.88. The van der Waals surface area contributed by atoms with Crippen LogP contribution in [-0.4, -0.2) is 56.2 Å². The molecule has 1 fully saturated rings. The summed E-state index contributed by atoms with van der Waals surface area (Å²) in [6, 6.07) is 14.8. The lowest BCUT2D eigenvalue weighted by molar-refractivity contribution is -0.118. The van der Waals surface area contributed by atoms with Crippen molar-refractivity contribution in [2.24, 2.45) is 0 Å². The van der Waals surface area contributed by atoms with Gasteiger partial charge in [-0.2, -0.15) is 11.8 Å². The van der Waals surface area contributed by atoms with Crippen LogP contribution in [-0.2, 0) is 14.9 Å². The number of hydrogen-bond acceptors (Lipinski definition) is 5. The summed E-state index contributed by atoms with van der Waals surface area (Å²) in [5.41, 5.74) is 3.57. The zero-order chi connectivity index (χ0) is 23.8. The quantitative estimate of drug-likeness (QED) is 0.603. The van der Waals surface area contributed by atoms with E-state index in [4.69, 9.17) is 4.74 Å². The second-order valence-corrected chi connectivity index (χ2v) is 10.3. The molecule has 2 N–H and O–H groups in total. The number of carbonyl (C=O) groups is 2. The Bertz CT molecular complexity index is 917. The highest BCUT2D eigenvalue weighted by Crippen LogP contribution is 2.22. The molecule has 1 atom stereocenters. The molecule has 3 rings (SSSR count). The number of anilines is 2. The second kappa shape index (κ2) is 11.6. The van der Waals surface area contributed by atoms with Crippen molar-refractivity contribution in [2.45, 2.75) is 38.6 Å². The Kier molecular flexibility index (Phi) is 8.80. The van der Waals surface area contributed by atoms with Crippen molar-refractivity contribution in [3.63, 3.8) is 0 Å². The summed E-state index contributed by atoms with van der Waals surface area (Å²) in [4.78, 5) is 28.1. The topological polar surface area (TPSA) is 70.7 Å². The molecule has 178 valence electrons. The van der Waals surface area contributed by atoms with Crippen LogP contribution in [0.25, 0.3) is 0 Å². The Balaban J connectivity index is 1.63. The molecule has 2 aromatic carbocycles. The second-order valence-electron chi connectivity index (χ2n) is 9.27. The zero-order valence-corrected chi connectivity index (χ0v) is 20.8. The number of hydrogen-bond donors (Lipinski definition) is 2. The van der Waals surface area contributed by atoms with Gasteiger partial charge in [0.05, 0.1) is 13.2 Å². The molecule has 6 nitrogen and oxygen atoms in total. The number of nitrogens with one attached hydrogen (secondary N) is 2. The minimum absolute atomic E-state index is 0.0209. The van der Waals surface area contributed by atoms with Gasteiger partial charge < -0.3 is 20.3 Å². The van der Waals surface area contributed by atoms with Gasteiger partial charge in [-0.15, -0.1) is 0 Å². The fourth-order valence-electron chi connectivity index (χ4n) is 3.67. The van der Waals surface area contributed by atoms with Gasteiger partial charge in [0.1, 0.15) is 6.04 Å². The molecule has 2 aromatic rings. The fourth-order valence-corrected chi connectivity index (χ4v) is 4.15. The SMILES string of the molecule is CSCCC(NC(=O)c1ccc(C(C)(C)C)cc1)C(=O)Nc1ccc(N2CCOCC2)cc1. The predicted octanol–water partition coefficient (Wildman–Crippen LogP) is 4.31. The first kappa shape index (κ1) is 25.1. The maximum absolute atomic E-state index is 13.0. The molecule has 1 saturated heterocycles. The van der Waals surface area contributed by atoms with Crippen molar-refractivity contribution in [3.05, 3.63) is 59.7 Å². The number of ether oxygens (including phenoxy) is 1. The Morgan fingerprint density at radius 3 is 2.24 bits per heavy atom. The molecule has 1 aliphatic heterocycles. The standard InChI is InChI=1S/C26H35N3O3S/c1-26(2,3)20-7-5-19(6-8-20)24(30)28-23(13-18-33-4)25(31)27-21-9-11-22(12-10-21)29-14-16-32-17-15-29/h5-12,23H,13-18H2,1-4H3,(H,27,31)(H,28,30). The molecule has 0 spiro atoms. The van der Waals surface area contributed by atoms with Crippen LogP contribution in [0.5, 0.6) is 0 Å². The Morgan fingerprint density at radius 1 is 1.03 bits per heavy atom. The normalized spacial score (nSPS) is 15.1. The Hall–Kier alpha value is -2.51. The molecule has 0 radical (unpaired) electrons. The van der Waals surface area contributed by atoms with Crippen LogP contribution in [0.1, 0.15) is 43.1 Å². The summed E-state index contributed by atoms with van der Waals surface area (Å²) in [6.45, 7) is 9.61. The van der Waals surface area contributed by atoms with Gasteiger partial charge >= 0.3 is 0 Å². The van der Waals surface area contributed by atoms with E-state index in [-0.39, 0.29) is 17.2 Å². The third-order valence-electron chi connectivity index (χ3n) is 5.76. The van der Waals surface area contributed by atoms with Crippen molar-refractivity contribution in [3.8, 4) is 0 Å². The number of morpholine rings is 1. The molecule has 1 heterocycles. The predicted molar refractivity (Wildman–Crippen MR) is 137 cm³/mol. The Morgan fingerprint density at radius 2 is 1.67 bits per heavy atom. The van der Waals surface area contributed by atoms with E-state index in [9.17, 15) is 9.59 Å². The molecule has 0 bridgehead atoms. The van der Waals surface area contributed by atoms with Crippen LogP contribution in [0.3, 0.4) is 0 Å². The molecule has 7 heteroatoms. The number of thioether (sulfide) groups is 1. The van der Waals surface area contributed by atoms with E-state index in [1.807, 2.05) is 54.8 Å². The van der Waals surface area contributed by atoms with E-state index in [1.54, 1.807) is 11.8 Å². The van der Waals surface area contributed by atoms with Crippen molar-refractivity contribution in [1.29, 1.82) is 0 Å². The van der Waals surface area contributed by atoms with Gasteiger partial charge in [-0.1, -0.05) is 32.9 Å². The van der Waals surface area contributed by atoms with E-state index in [0.717, 1.165) is 49.0 Å². The van der Waals surface area contributed by atoms with Gasteiger partial charge in [0, 0.05) is 30.0 Å². The van der Waals surface area contributed by atoms with Gasteiger partial charge in [0.25, 0.3) is 5.91 Å². The molecule has 0 aliphatic carbocycles. The highest BCUT2D eigenvalue weighted by atomic mass is 32.2. The number of rotatable bonds is 8. The Labute approximate surface area is 201 Å². The van der Waals surface area contributed by atoms with E-state index in [1.165, 1.54) is 0 Å². The van der Waals surface area contributed by atoms with E-state index < -0.39 is 6.04 Å². The summed E-state index contributed by atoms with van der Waals surface area (Å²) in [5.74, 6) is 0.333. The minimum atomic E-state index is -0.605. The highest BCUT2D eigenvalue weighted by Gasteiger charge is 2.22. The van der Waals surface area contributed by atoms with Crippen LogP contribution >= 0.6 is 11.8 Å². The number of amides is 2. The summed E-state index contributed by atoms with van der Waals surface area (Å²) < 4.78 is 5.41. The van der Waals surface area contributed by atoms with Crippen LogP contribution < -0.4 is 15.5 Å². The summed E-state index contributed by atoms with van der Waals surface area (Å²) >= 11 is 1.65. The lowest BCUT2D eigenvalue weighted by Gasteiger charge is -2.29. The van der Waals surface area contributed by atoms with Crippen molar-refractivity contribution >= 4 is 35.0 Å². The van der Waals surface area contributed by atoms with Crippen molar-refractivity contribution in [2.75, 3.05) is 48.5 Å². The molecule has 0 saturated carbocycles. The average Bonchev–Trinajstić information content (AvgIpc) is 2.82. The van der Waals surface area contributed by atoms with Gasteiger partial charge in [-0.05, 0) is 65.8 Å². The first-order valence-corrected chi connectivity index (χ1v) is 12.8. The largest absolute Gasteiger partial charge is 0.378 e. The van der Waals surface area contributed by atoms with Crippen molar-refractivity contribution < 1.29 is 14.3 Å². The van der Waals surface area contributed by atoms with Gasteiger partial charge in [-0.3, -0.25) is 9.59 Å². The van der Waals surface area contributed by atoms with Gasteiger partial charge in [-0.25, -0.2) is 0 Å². The highest BCUT2D eigenvalue weighted by molar-refractivity contribution is 7.98. The van der Waals surface area contributed by atoms with Crippen LogP contribution in [0.15, 0.2) is 48.5 Å². The first-order chi connectivity index (χ1) is 15.8. The van der Waals surface area contributed by atoms with Gasteiger partial charge in [0.15, 0.2) is 0 Å². The van der Waals surface area contributed by atoms with Crippen LogP contribution in [0.4, 0.5) is 11.4 Å². The molecular formula is C26H35N3O3S. The fraction of sp³-hybridized carbons (Fsp3) is 0.462. The third-order valence-corrected chi connectivity index (χ3v) is 6.40. The maximum Gasteiger partial charge on any atom is 0.251 e. The third kappa shape index (κ3) is 7.24. The van der Waals surface area contributed by atoms with Crippen LogP contribution in [0, 0.1) is 0 Å². The lowest BCUT2D eigenvalue weighted by Crippen LogP contribution is -2.44. The molecule has 1 aliphatic rings. The zero-order valence-electron chi connectivity index (χ0n) is 20.0. The summed E-state index contributed by atoms with van der Waals surface area (Å²) in [7, 11) is 0. The molecule has 0 aromatic heterocycles. The van der Waals surface area contributed by atoms with Crippen molar-refractivity contribution in [1.82, 2.24) is 5.32 Å². The summed E-state index contributed by atoms with van der Waals surface area (Å²) in [6.07, 6.45) is 2.55. The average molecular weight is 470 g/mol. The lowest BCUT2D eigenvalue weighted by atomic mass is 9.86. The maximum atomic E-state index is 13.0. The molecule has 1 unspecified atom stereocenters. The minimum Gasteiger partial charge on any atom is -0.378 e. The van der Waals surface area contributed by atoms with E-state index in [0.29, 0.717) is 12.0 Å². The van der Waals surface area contributed by atoms with Gasteiger partial charge in [0.2, 0.25) is 5.91 Å². The molecule has 2 amide bonds. The van der Waals surface area contributed by atoms with E-state index >= 15 is 0 Å². The number of nitrogens with zero attached hydrogens (tertiary/aromatic N) is 1. The monoisotopic (exact) mass is 469 g/mol. The number of carbonyl (C=O) groups excluding carboxylic acids is 2. The molecular weight excluding hydrogens is 434 g/mol.